The molecule has 3 N–H and O–H groups in total. The second kappa shape index (κ2) is 6.71. The molecule has 20 heavy (non-hydrogen) atoms. The zero-order valence-electron chi connectivity index (χ0n) is 12.4. The van der Waals surface area contributed by atoms with Crippen molar-refractivity contribution in [3.8, 4) is 6.07 Å². The molecule has 108 valence electrons. The van der Waals surface area contributed by atoms with Gasteiger partial charge in [0.15, 0.2) is 0 Å². The first kappa shape index (κ1) is 14.8. The van der Waals surface area contributed by atoms with Crippen molar-refractivity contribution in [2.24, 2.45) is 0 Å². The zero-order valence-corrected chi connectivity index (χ0v) is 12.4. The maximum absolute atomic E-state index is 9.50. The first-order chi connectivity index (χ1) is 9.69. The van der Waals surface area contributed by atoms with Crippen molar-refractivity contribution in [1.29, 1.82) is 5.26 Å². The summed E-state index contributed by atoms with van der Waals surface area (Å²) < 4.78 is 0. The second-order valence-electron chi connectivity index (χ2n) is 5.72. The summed E-state index contributed by atoms with van der Waals surface area (Å²) in [6.45, 7) is 5.21. The van der Waals surface area contributed by atoms with Crippen LogP contribution in [-0.4, -0.2) is 18.3 Å². The molecule has 0 aromatic carbocycles. The molecule has 0 spiro atoms. The number of aromatic nitrogens is 1. The van der Waals surface area contributed by atoms with E-state index in [0.29, 0.717) is 18.9 Å². The van der Waals surface area contributed by atoms with Gasteiger partial charge in [-0.15, -0.1) is 0 Å². The van der Waals surface area contributed by atoms with Crippen molar-refractivity contribution in [3.05, 3.63) is 22.4 Å². The molecule has 0 saturated carbocycles. The van der Waals surface area contributed by atoms with Crippen molar-refractivity contribution < 1.29 is 10.1 Å². The Bertz CT molecular complexity index is 517. The van der Waals surface area contributed by atoms with E-state index in [-0.39, 0.29) is 6.61 Å². The maximum atomic E-state index is 9.50. The summed E-state index contributed by atoms with van der Waals surface area (Å²) in [6, 6.07) is 2.36. The Morgan fingerprint density at radius 2 is 2.00 bits per heavy atom. The number of aliphatic hydroxyl groups is 1. The number of pyridine rings is 1. The summed E-state index contributed by atoms with van der Waals surface area (Å²) in [5.74, 6) is 1.25. The largest absolute Gasteiger partial charge is 0.396 e. The lowest BCUT2D eigenvalue weighted by atomic mass is 9.85. The molecule has 0 atom stereocenters. The average Bonchev–Trinajstić information content (AvgIpc) is 2.46. The van der Waals surface area contributed by atoms with Crippen molar-refractivity contribution >= 4 is 5.82 Å². The minimum atomic E-state index is 0.164. The number of nitriles is 1. The SMILES string of the molecule is CC(C)c1[nH+]c(NCCCO)c(C#N)c2c1CCCC2. The molecule has 0 aliphatic heterocycles. The van der Waals surface area contributed by atoms with Crippen LogP contribution in [0.4, 0.5) is 5.82 Å². The fourth-order valence-electron chi connectivity index (χ4n) is 2.94. The van der Waals surface area contributed by atoms with Gasteiger partial charge in [0.25, 0.3) is 5.82 Å². The molecule has 0 saturated heterocycles. The lowest BCUT2D eigenvalue weighted by Crippen LogP contribution is -2.27. The van der Waals surface area contributed by atoms with E-state index < -0.39 is 0 Å². The molecule has 1 aromatic rings. The smallest absolute Gasteiger partial charge is 0.290 e. The highest BCUT2D eigenvalue weighted by molar-refractivity contribution is 5.56. The number of nitrogens with zero attached hydrogens (tertiary/aromatic N) is 1. The normalized spacial score (nSPS) is 13.9. The highest BCUT2D eigenvalue weighted by Crippen LogP contribution is 2.31. The number of hydrogen-bond acceptors (Lipinski definition) is 3. The molecular formula is C16H24N3O+. The summed E-state index contributed by atoms with van der Waals surface area (Å²) in [6.07, 6.45) is 5.14. The standard InChI is InChI=1S/C16H23N3O/c1-11(2)15-13-7-4-3-6-12(13)14(10-17)16(19-15)18-8-5-9-20/h11,20H,3-9H2,1-2H3,(H,18,19)/p+1. The zero-order chi connectivity index (χ0) is 14.5. The summed E-state index contributed by atoms with van der Waals surface area (Å²) in [7, 11) is 0. The number of H-pyrrole nitrogens is 1. The van der Waals surface area contributed by atoms with Gasteiger partial charge >= 0.3 is 0 Å². The van der Waals surface area contributed by atoms with Crippen LogP contribution in [0, 0.1) is 11.3 Å². The summed E-state index contributed by atoms with van der Waals surface area (Å²) in [4.78, 5) is 3.44. The Kier molecular flexibility index (Phi) is 4.97. The number of aromatic amines is 1. The van der Waals surface area contributed by atoms with Gasteiger partial charge in [0.2, 0.25) is 0 Å². The van der Waals surface area contributed by atoms with Gasteiger partial charge in [0.05, 0.1) is 6.54 Å². The predicted octanol–water partition coefficient (Wildman–Crippen LogP) is 2.17. The van der Waals surface area contributed by atoms with E-state index in [1.165, 1.54) is 29.7 Å². The topological polar surface area (TPSA) is 70.2 Å². The molecule has 0 fully saturated rings. The van der Waals surface area contributed by atoms with Gasteiger partial charge in [-0.05, 0) is 36.8 Å². The first-order valence-electron chi connectivity index (χ1n) is 7.54. The van der Waals surface area contributed by atoms with Gasteiger partial charge in [0, 0.05) is 18.9 Å². The van der Waals surface area contributed by atoms with E-state index in [1.807, 2.05) is 0 Å². The first-order valence-corrected chi connectivity index (χ1v) is 7.54. The summed E-state index contributed by atoms with van der Waals surface area (Å²) in [5, 5.41) is 21.7. The molecule has 4 heteroatoms. The Balaban J connectivity index is 2.45. The Morgan fingerprint density at radius 3 is 2.60 bits per heavy atom. The minimum Gasteiger partial charge on any atom is -0.396 e. The molecule has 0 radical (unpaired) electrons. The Morgan fingerprint density at radius 1 is 1.30 bits per heavy atom. The van der Waals surface area contributed by atoms with Gasteiger partial charge in [-0.1, -0.05) is 13.8 Å². The quantitative estimate of drug-likeness (QED) is 0.808. The van der Waals surface area contributed by atoms with Crippen LogP contribution in [0.15, 0.2) is 0 Å². The summed E-state index contributed by atoms with van der Waals surface area (Å²) in [5.41, 5.74) is 4.61. The van der Waals surface area contributed by atoms with Crippen LogP contribution in [0.25, 0.3) is 0 Å². The minimum absolute atomic E-state index is 0.164. The van der Waals surface area contributed by atoms with Crippen LogP contribution in [0.2, 0.25) is 0 Å². The van der Waals surface area contributed by atoms with Gasteiger partial charge in [-0.25, -0.2) is 4.98 Å². The van der Waals surface area contributed by atoms with Crippen molar-refractivity contribution in [2.75, 3.05) is 18.5 Å². The van der Waals surface area contributed by atoms with E-state index in [0.717, 1.165) is 24.2 Å². The highest BCUT2D eigenvalue weighted by Gasteiger charge is 2.26. The van der Waals surface area contributed by atoms with Crippen molar-refractivity contribution in [2.45, 2.75) is 51.9 Å². The molecule has 1 aliphatic rings. The van der Waals surface area contributed by atoms with Gasteiger partial charge < -0.3 is 5.11 Å². The number of anilines is 1. The van der Waals surface area contributed by atoms with Crippen LogP contribution in [-0.2, 0) is 12.8 Å². The van der Waals surface area contributed by atoms with E-state index in [1.54, 1.807) is 0 Å². The average molecular weight is 274 g/mol. The van der Waals surface area contributed by atoms with Gasteiger partial charge in [0.1, 0.15) is 17.3 Å². The lowest BCUT2D eigenvalue weighted by molar-refractivity contribution is -0.377. The Labute approximate surface area is 120 Å². The fraction of sp³-hybridized carbons (Fsp3) is 0.625. The number of rotatable bonds is 5. The number of fused-ring (bicyclic) bond motifs is 1. The molecule has 1 aromatic heterocycles. The van der Waals surface area contributed by atoms with E-state index >= 15 is 0 Å². The highest BCUT2D eigenvalue weighted by atomic mass is 16.3. The second-order valence-corrected chi connectivity index (χ2v) is 5.72. The molecule has 0 bridgehead atoms. The third-order valence-corrected chi connectivity index (χ3v) is 3.93. The van der Waals surface area contributed by atoms with E-state index in [9.17, 15) is 5.26 Å². The maximum Gasteiger partial charge on any atom is 0.290 e. The van der Waals surface area contributed by atoms with Crippen LogP contribution in [0.1, 0.15) is 61.4 Å². The van der Waals surface area contributed by atoms with Crippen LogP contribution >= 0.6 is 0 Å². The molecular weight excluding hydrogens is 250 g/mol. The number of nitrogens with one attached hydrogen (secondary N) is 2. The molecule has 4 nitrogen and oxygen atoms in total. The van der Waals surface area contributed by atoms with Crippen LogP contribution in [0.3, 0.4) is 0 Å². The third-order valence-electron chi connectivity index (χ3n) is 3.93. The predicted molar refractivity (Wildman–Crippen MR) is 78.6 cm³/mol. The van der Waals surface area contributed by atoms with Gasteiger partial charge in [-0.3, -0.25) is 5.32 Å². The Hall–Kier alpha value is -1.60. The van der Waals surface area contributed by atoms with Gasteiger partial charge in [-0.2, -0.15) is 5.26 Å². The van der Waals surface area contributed by atoms with E-state index in [4.69, 9.17) is 5.11 Å². The molecule has 2 rings (SSSR count). The molecule has 1 heterocycles. The van der Waals surface area contributed by atoms with E-state index in [2.05, 4.69) is 30.2 Å². The van der Waals surface area contributed by atoms with Crippen LogP contribution < -0.4 is 10.3 Å². The van der Waals surface area contributed by atoms with Crippen molar-refractivity contribution in [3.63, 3.8) is 0 Å². The lowest BCUT2D eigenvalue weighted by Gasteiger charge is -2.21. The molecule has 1 aliphatic carbocycles. The van der Waals surface area contributed by atoms with Crippen LogP contribution in [0.5, 0.6) is 0 Å². The molecule has 0 amide bonds. The molecule has 0 unspecified atom stereocenters. The fourth-order valence-corrected chi connectivity index (χ4v) is 2.94. The summed E-state index contributed by atoms with van der Waals surface area (Å²) >= 11 is 0. The third kappa shape index (κ3) is 2.94. The number of aliphatic hydroxyl groups excluding tert-OH is 1. The van der Waals surface area contributed by atoms with Crippen molar-refractivity contribution in [1.82, 2.24) is 0 Å². The number of hydrogen-bond donors (Lipinski definition) is 2. The monoisotopic (exact) mass is 274 g/mol.